The smallest absolute Gasteiger partial charge is 0.300 e. The topological polar surface area (TPSA) is 66.8 Å². The number of carbonyl (C=O) groups excluding carboxylic acids is 2. The standard InChI is InChI=1S/C30H29Cl2NO4/c1-16-13-21(28(37-6)22(32)14-16)26(34)24-25(18-8-10-19(11-9-18)30(3,4)5)33(29(36)27(24)35)23-15-20(31)12-7-17(23)2/h7-15,25,34H,1-6H3/b26-24+. The van der Waals surface area contributed by atoms with Crippen LogP contribution in [0.5, 0.6) is 5.75 Å². The van der Waals surface area contributed by atoms with Gasteiger partial charge < -0.3 is 9.84 Å². The Morgan fingerprint density at radius 1 is 0.973 bits per heavy atom. The average molecular weight is 538 g/mol. The van der Waals surface area contributed by atoms with Crippen LogP contribution in [0.15, 0.2) is 60.2 Å². The van der Waals surface area contributed by atoms with Gasteiger partial charge in [0.25, 0.3) is 11.7 Å². The molecule has 0 aromatic heterocycles. The zero-order chi connectivity index (χ0) is 27.2. The summed E-state index contributed by atoms with van der Waals surface area (Å²) in [5, 5.41) is 12.3. The predicted octanol–water partition coefficient (Wildman–Crippen LogP) is 7.54. The van der Waals surface area contributed by atoms with Crippen LogP contribution in [0.2, 0.25) is 10.0 Å². The van der Waals surface area contributed by atoms with Crippen LogP contribution in [0, 0.1) is 13.8 Å². The van der Waals surface area contributed by atoms with Crippen LogP contribution in [0.25, 0.3) is 5.76 Å². The second-order valence-electron chi connectivity index (χ2n) is 10.3. The number of aliphatic hydroxyl groups is 1. The van der Waals surface area contributed by atoms with Crippen LogP contribution in [0.4, 0.5) is 5.69 Å². The first-order chi connectivity index (χ1) is 17.3. The normalized spacial score (nSPS) is 17.4. The van der Waals surface area contributed by atoms with Gasteiger partial charge in [0.05, 0.1) is 29.3 Å². The van der Waals surface area contributed by atoms with Crippen molar-refractivity contribution in [2.24, 2.45) is 0 Å². The number of Topliss-reactive ketones (excluding diaryl/α,β-unsaturated/α-hetero) is 1. The molecular formula is C30H29Cl2NO4. The van der Waals surface area contributed by atoms with Crippen LogP contribution in [0.1, 0.15) is 54.6 Å². The Bertz CT molecular complexity index is 1440. The Kier molecular flexibility index (Phi) is 7.15. The van der Waals surface area contributed by atoms with Crippen molar-refractivity contribution in [2.45, 2.75) is 46.1 Å². The number of ether oxygens (including phenoxy) is 1. The first-order valence-corrected chi connectivity index (χ1v) is 12.6. The molecular weight excluding hydrogens is 509 g/mol. The maximum absolute atomic E-state index is 13.6. The first kappa shape index (κ1) is 26.8. The summed E-state index contributed by atoms with van der Waals surface area (Å²) in [6.45, 7) is 9.98. The zero-order valence-corrected chi connectivity index (χ0v) is 23.2. The lowest BCUT2D eigenvalue weighted by Crippen LogP contribution is -2.30. The number of amides is 1. The number of aryl methyl sites for hydroxylation is 2. The van der Waals surface area contributed by atoms with Crippen molar-refractivity contribution in [3.63, 3.8) is 0 Å². The summed E-state index contributed by atoms with van der Waals surface area (Å²) in [7, 11) is 1.43. The molecule has 0 radical (unpaired) electrons. The molecule has 3 aromatic carbocycles. The van der Waals surface area contributed by atoms with E-state index in [0.29, 0.717) is 16.3 Å². The van der Waals surface area contributed by atoms with Crippen molar-refractivity contribution >= 4 is 46.3 Å². The summed E-state index contributed by atoms with van der Waals surface area (Å²) in [5.41, 5.74) is 3.89. The molecule has 1 unspecified atom stereocenters. The fourth-order valence-corrected chi connectivity index (χ4v) is 5.18. The van der Waals surface area contributed by atoms with Gasteiger partial charge in [0.15, 0.2) is 0 Å². The number of anilines is 1. The van der Waals surface area contributed by atoms with E-state index in [2.05, 4.69) is 20.8 Å². The zero-order valence-electron chi connectivity index (χ0n) is 21.6. The number of hydrogen-bond donors (Lipinski definition) is 1. The minimum absolute atomic E-state index is 0.0483. The van der Waals surface area contributed by atoms with Gasteiger partial charge in [-0.25, -0.2) is 0 Å². The molecule has 1 saturated heterocycles. The fourth-order valence-electron chi connectivity index (χ4n) is 4.66. The molecule has 1 aliphatic rings. The van der Waals surface area contributed by atoms with Crippen molar-refractivity contribution in [3.8, 4) is 5.75 Å². The van der Waals surface area contributed by atoms with Gasteiger partial charge in [-0.15, -0.1) is 0 Å². The van der Waals surface area contributed by atoms with Crippen LogP contribution in [-0.4, -0.2) is 23.9 Å². The van der Waals surface area contributed by atoms with E-state index in [4.69, 9.17) is 27.9 Å². The van der Waals surface area contributed by atoms with Gasteiger partial charge >= 0.3 is 0 Å². The molecule has 0 spiro atoms. The van der Waals surface area contributed by atoms with Crippen molar-refractivity contribution < 1.29 is 19.4 Å². The Hall–Kier alpha value is -3.28. The molecule has 4 rings (SSSR count). The Labute approximate surface area is 227 Å². The lowest BCUT2D eigenvalue weighted by atomic mass is 9.85. The third-order valence-corrected chi connectivity index (χ3v) is 7.13. The van der Waals surface area contributed by atoms with Crippen molar-refractivity contribution in [1.29, 1.82) is 0 Å². The third-order valence-electron chi connectivity index (χ3n) is 6.61. The highest BCUT2D eigenvalue weighted by molar-refractivity contribution is 6.52. The quantitative estimate of drug-likeness (QED) is 0.212. The molecule has 1 fully saturated rings. The summed E-state index contributed by atoms with van der Waals surface area (Å²) in [6.07, 6.45) is 0. The summed E-state index contributed by atoms with van der Waals surface area (Å²) in [5.74, 6) is -1.69. The highest BCUT2D eigenvalue weighted by atomic mass is 35.5. The number of methoxy groups -OCH3 is 1. The lowest BCUT2D eigenvalue weighted by molar-refractivity contribution is -0.132. The van der Waals surface area contributed by atoms with E-state index in [-0.39, 0.29) is 33.1 Å². The van der Waals surface area contributed by atoms with Gasteiger partial charge in [-0.05, 0) is 65.8 Å². The van der Waals surface area contributed by atoms with Gasteiger partial charge in [0.2, 0.25) is 0 Å². The molecule has 5 nitrogen and oxygen atoms in total. The van der Waals surface area contributed by atoms with E-state index in [1.807, 2.05) is 38.1 Å². The summed E-state index contributed by atoms with van der Waals surface area (Å²) < 4.78 is 5.46. The number of aliphatic hydroxyl groups excluding tert-OH is 1. The maximum Gasteiger partial charge on any atom is 0.300 e. The number of carbonyl (C=O) groups is 2. The van der Waals surface area contributed by atoms with Crippen LogP contribution in [0.3, 0.4) is 0 Å². The third kappa shape index (κ3) is 4.86. The van der Waals surface area contributed by atoms with E-state index in [1.165, 1.54) is 12.0 Å². The minimum atomic E-state index is -0.893. The average Bonchev–Trinajstić information content (AvgIpc) is 3.09. The van der Waals surface area contributed by atoms with E-state index in [9.17, 15) is 14.7 Å². The first-order valence-electron chi connectivity index (χ1n) is 11.9. The summed E-state index contributed by atoms with van der Waals surface area (Å²) >= 11 is 12.7. The summed E-state index contributed by atoms with van der Waals surface area (Å²) in [6, 6.07) is 15.4. The molecule has 1 heterocycles. The maximum atomic E-state index is 13.6. The van der Waals surface area contributed by atoms with E-state index >= 15 is 0 Å². The van der Waals surface area contributed by atoms with Crippen LogP contribution >= 0.6 is 23.2 Å². The minimum Gasteiger partial charge on any atom is -0.507 e. The number of benzene rings is 3. The van der Waals surface area contributed by atoms with Crippen LogP contribution in [-0.2, 0) is 15.0 Å². The molecule has 0 bridgehead atoms. The molecule has 3 aromatic rings. The number of halogens is 2. The molecule has 1 amide bonds. The van der Waals surface area contributed by atoms with Crippen LogP contribution < -0.4 is 9.64 Å². The van der Waals surface area contributed by atoms with E-state index < -0.39 is 17.7 Å². The van der Waals surface area contributed by atoms with Crippen molar-refractivity contribution in [1.82, 2.24) is 0 Å². The van der Waals surface area contributed by atoms with Gasteiger partial charge in [0, 0.05) is 10.7 Å². The Balaban J connectivity index is 2.02. The second kappa shape index (κ2) is 9.88. The molecule has 192 valence electrons. The Morgan fingerprint density at radius 2 is 1.62 bits per heavy atom. The largest absolute Gasteiger partial charge is 0.507 e. The lowest BCUT2D eigenvalue weighted by Gasteiger charge is -2.28. The summed E-state index contributed by atoms with van der Waals surface area (Å²) in [4.78, 5) is 28.5. The predicted molar refractivity (Wildman–Crippen MR) is 149 cm³/mol. The highest BCUT2D eigenvalue weighted by Crippen LogP contribution is 2.45. The molecule has 0 saturated carbocycles. The number of nitrogens with zero attached hydrogens (tertiary/aromatic N) is 1. The van der Waals surface area contributed by atoms with Crippen molar-refractivity contribution in [2.75, 3.05) is 12.0 Å². The second-order valence-corrected chi connectivity index (χ2v) is 11.1. The van der Waals surface area contributed by atoms with E-state index in [1.54, 1.807) is 30.3 Å². The molecule has 1 atom stereocenters. The monoisotopic (exact) mass is 537 g/mol. The number of ketones is 1. The number of hydrogen-bond acceptors (Lipinski definition) is 4. The van der Waals surface area contributed by atoms with Crippen molar-refractivity contribution in [3.05, 3.63) is 98.0 Å². The van der Waals surface area contributed by atoms with Gasteiger partial charge in [0.1, 0.15) is 11.5 Å². The SMILES string of the molecule is COc1c(Cl)cc(C)cc1/C(O)=C1\C(=O)C(=O)N(c2cc(Cl)ccc2C)C1c1ccc(C(C)(C)C)cc1. The Morgan fingerprint density at radius 3 is 2.22 bits per heavy atom. The van der Waals surface area contributed by atoms with E-state index in [0.717, 1.165) is 16.7 Å². The number of rotatable bonds is 4. The van der Waals surface area contributed by atoms with Gasteiger partial charge in [-0.2, -0.15) is 0 Å². The molecule has 37 heavy (non-hydrogen) atoms. The highest BCUT2D eigenvalue weighted by Gasteiger charge is 2.47. The molecule has 1 aliphatic heterocycles. The van der Waals surface area contributed by atoms with Gasteiger partial charge in [-0.3, -0.25) is 14.5 Å². The molecule has 1 N–H and O–H groups in total. The van der Waals surface area contributed by atoms with Gasteiger partial charge in [-0.1, -0.05) is 74.3 Å². The molecule has 7 heteroatoms. The fraction of sp³-hybridized carbons (Fsp3) is 0.267. The molecule has 0 aliphatic carbocycles.